The SMILES string of the molecule is CCCCOC(=O)c1ccc(NC(=O)c2ccc(CN3CCN(S(C)(=O)=O)CC3)cc2)cc1. The first-order valence-corrected chi connectivity index (χ1v) is 13.0. The van der Waals surface area contributed by atoms with E-state index in [-0.39, 0.29) is 11.9 Å². The van der Waals surface area contributed by atoms with Crippen LogP contribution in [0.25, 0.3) is 0 Å². The van der Waals surface area contributed by atoms with Crippen molar-refractivity contribution in [3.05, 3.63) is 65.2 Å². The number of hydrogen-bond acceptors (Lipinski definition) is 6. The Hall–Kier alpha value is -2.75. The molecule has 0 bridgehead atoms. The Labute approximate surface area is 195 Å². The van der Waals surface area contributed by atoms with Crippen LogP contribution in [-0.4, -0.2) is 68.5 Å². The third kappa shape index (κ3) is 7.38. The van der Waals surface area contributed by atoms with Crippen molar-refractivity contribution in [2.45, 2.75) is 26.3 Å². The minimum Gasteiger partial charge on any atom is -0.462 e. The molecule has 1 N–H and O–H groups in total. The number of unbranched alkanes of at least 4 members (excludes halogenated alkanes) is 1. The van der Waals surface area contributed by atoms with E-state index < -0.39 is 10.0 Å². The maximum Gasteiger partial charge on any atom is 0.338 e. The van der Waals surface area contributed by atoms with Crippen molar-refractivity contribution >= 4 is 27.6 Å². The average Bonchev–Trinajstić information content (AvgIpc) is 2.80. The van der Waals surface area contributed by atoms with Crippen LogP contribution < -0.4 is 5.32 Å². The Balaban J connectivity index is 1.50. The summed E-state index contributed by atoms with van der Waals surface area (Å²) in [5, 5.41) is 2.83. The molecule has 0 saturated carbocycles. The zero-order valence-electron chi connectivity index (χ0n) is 19.1. The molecule has 0 spiro atoms. The lowest BCUT2D eigenvalue weighted by Gasteiger charge is -2.33. The molecule has 1 amide bonds. The van der Waals surface area contributed by atoms with Crippen LogP contribution in [0, 0.1) is 0 Å². The lowest BCUT2D eigenvalue weighted by Crippen LogP contribution is -2.47. The zero-order chi connectivity index (χ0) is 23.8. The van der Waals surface area contributed by atoms with E-state index in [2.05, 4.69) is 10.2 Å². The van der Waals surface area contributed by atoms with E-state index >= 15 is 0 Å². The number of nitrogens with zero attached hydrogens (tertiary/aromatic N) is 2. The first-order chi connectivity index (χ1) is 15.8. The topological polar surface area (TPSA) is 96.0 Å². The second kappa shape index (κ2) is 11.4. The lowest BCUT2D eigenvalue weighted by molar-refractivity contribution is 0.0499. The molecule has 0 unspecified atom stereocenters. The van der Waals surface area contributed by atoms with Gasteiger partial charge in [-0.3, -0.25) is 9.69 Å². The van der Waals surface area contributed by atoms with Crippen molar-refractivity contribution in [1.82, 2.24) is 9.21 Å². The molecule has 1 aliphatic rings. The summed E-state index contributed by atoms with van der Waals surface area (Å²) in [5.74, 6) is -0.601. The van der Waals surface area contributed by atoms with Gasteiger partial charge >= 0.3 is 5.97 Å². The molecular formula is C24H31N3O5S. The van der Waals surface area contributed by atoms with Gasteiger partial charge in [0.2, 0.25) is 10.0 Å². The number of rotatable bonds is 9. The number of esters is 1. The first-order valence-electron chi connectivity index (χ1n) is 11.1. The van der Waals surface area contributed by atoms with E-state index in [1.54, 1.807) is 36.4 Å². The number of sulfonamides is 1. The molecule has 3 rings (SSSR count). The van der Waals surface area contributed by atoms with Crippen LogP contribution in [0.4, 0.5) is 5.69 Å². The van der Waals surface area contributed by atoms with E-state index in [0.717, 1.165) is 18.4 Å². The van der Waals surface area contributed by atoms with Gasteiger partial charge in [-0.15, -0.1) is 0 Å². The summed E-state index contributed by atoms with van der Waals surface area (Å²) in [6.07, 6.45) is 3.03. The zero-order valence-corrected chi connectivity index (χ0v) is 19.9. The predicted octanol–water partition coefficient (Wildman–Crippen LogP) is 2.97. The normalized spacial score (nSPS) is 15.2. The fourth-order valence-electron chi connectivity index (χ4n) is 3.52. The number of piperazine rings is 1. The standard InChI is InChI=1S/C24H31N3O5S/c1-3-4-17-32-24(29)21-9-11-22(12-10-21)25-23(28)20-7-5-19(6-8-20)18-26-13-15-27(16-14-26)33(2,30)31/h5-12H,3-4,13-18H2,1-2H3,(H,25,28). The van der Waals surface area contributed by atoms with Gasteiger partial charge in [0.25, 0.3) is 5.91 Å². The highest BCUT2D eigenvalue weighted by molar-refractivity contribution is 7.88. The molecule has 178 valence electrons. The van der Waals surface area contributed by atoms with Crippen molar-refractivity contribution in [2.75, 3.05) is 44.4 Å². The number of benzene rings is 2. The molecule has 1 heterocycles. The fourth-order valence-corrected chi connectivity index (χ4v) is 4.35. The van der Waals surface area contributed by atoms with Gasteiger partial charge in [0.15, 0.2) is 0 Å². The molecule has 9 heteroatoms. The van der Waals surface area contributed by atoms with Crippen LogP contribution in [0.2, 0.25) is 0 Å². The second-order valence-electron chi connectivity index (χ2n) is 8.16. The minimum absolute atomic E-state index is 0.235. The number of anilines is 1. The number of nitrogens with one attached hydrogen (secondary N) is 1. The number of hydrogen-bond donors (Lipinski definition) is 1. The first kappa shape index (κ1) is 24.9. The van der Waals surface area contributed by atoms with Crippen LogP contribution >= 0.6 is 0 Å². The van der Waals surface area contributed by atoms with Gasteiger partial charge < -0.3 is 10.1 Å². The molecular weight excluding hydrogens is 442 g/mol. The molecule has 1 aliphatic heterocycles. The third-order valence-corrected chi connectivity index (χ3v) is 6.84. The highest BCUT2D eigenvalue weighted by atomic mass is 32.2. The predicted molar refractivity (Wildman–Crippen MR) is 128 cm³/mol. The van der Waals surface area contributed by atoms with Crippen molar-refractivity contribution < 1.29 is 22.7 Å². The average molecular weight is 474 g/mol. The highest BCUT2D eigenvalue weighted by Crippen LogP contribution is 2.15. The molecule has 8 nitrogen and oxygen atoms in total. The summed E-state index contributed by atoms with van der Waals surface area (Å²) in [4.78, 5) is 26.7. The summed E-state index contributed by atoms with van der Waals surface area (Å²) >= 11 is 0. The Kier molecular flexibility index (Phi) is 8.60. The van der Waals surface area contributed by atoms with Crippen LogP contribution in [0.5, 0.6) is 0 Å². The van der Waals surface area contributed by atoms with E-state index in [0.29, 0.717) is 56.1 Å². The van der Waals surface area contributed by atoms with Crippen molar-refractivity contribution in [3.8, 4) is 0 Å². The van der Waals surface area contributed by atoms with E-state index in [1.165, 1.54) is 10.6 Å². The van der Waals surface area contributed by atoms with Crippen molar-refractivity contribution in [3.63, 3.8) is 0 Å². The van der Waals surface area contributed by atoms with Crippen molar-refractivity contribution in [2.24, 2.45) is 0 Å². The van der Waals surface area contributed by atoms with E-state index in [4.69, 9.17) is 4.74 Å². The highest BCUT2D eigenvalue weighted by Gasteiger charge is 2.23. The van der Waals surface area contributed by atoms with E-state index in [1.807, 2.05) is 19.1 Å². The van der Waals surface area contributed by atoms with Crippen molar-refractivity contribution in [1.29, 1.82) is 0 Å². The quantitative estimate of drug-likeness (QED) is 0.444. The summed E-state index contributed by atoms with van der Waals surface area (Å²) in [7, 11) is -3.14. The molecule has 0 radical (unpaired) electrons. The maximum absolute atomic E-state index is 12.6. The van der Waals surface area contributed by atoms with Gasteiger partial charge in [0.1, 0.15) is 0 Å². The molecule has 1 fully saturated rings. The van der Waals surface area contributed by atoms with Gasteiger partial charge in [-0.1, -0.05) is 25.5 Å². The number of carbonyl (C=O) groups is 2. The Morgan fingerprint density at radius 2 is 1.55 bits per heavy atom. The monoisotopic (exact) mass is 473 g/mol. The summed E-state index contributed by atoms with van der Waals surface area (Å²) < 4.78 is 29.9. The number of amides is 1. The Bertz CT molecular complexity index is 1040. The minimum atomic E-state index is -3.14. The largest absolute Gasteiger partial charge is 0.462 e. The number of ether oxygens (including phenoxy) is 1. The molecule has 0 aromatic heterocycles. The van der Waals surface area contributed by atoms with Crippen LogP contribution in [0.1, 0.15) is 46.0 Å². The van der Waals surface area contributed by atoms with Gasteiger partial charge in [0.05, 0.1) is 18.4 Å². The number of carbonyl (C=O) groups excluding carboxylic acids is 2. The Morgan fingerprint density at radius 3 is 2.12 bits per heavy atom. The van der Waals surface area contributed by atoms with E-state index in [9.17, 15) is 18.0 Å². The van der Waals surface area contributed by atoms with Crippen LogP contribution in [-0.2, 0) is 21.3 Å². The van der Waals surface area contributed by atoms with Gasteiger partial charge in [0, 0.05) is 44.0 Å². The Morgan fingerprint density at radius 1 is 0.939 bits per heavy atom. The molecule has 2 aromatic carbocycles. The van der Waals surface area contributed by atoms with Gasteiger partial charge in [-0.05, 0) is 48.4 Å². The smallest absolute Gasteiger partial charge is 0.338 e. The molecule has 33 heavy (non-hydrogen) atoms. The molecule has 1 saturated heterocycles. The fraction of sp³-hybridized carbons (Fsp3) is 0.417. The van der Waals surface area contributed by atoms with Gasteiger partial charge in [-0.2, -0.15) is 4.31 Å². The van der Waals surface area contributed by atoms with Crippen LogP contribution in [0.15, 0.2) is 48.5 Å². The second-order valence-corrected chi connectivity index (χ2v) is 10.1. The molecule has 2 aromatic rings. The molecule has 0 aliphatic carbocycles. The van der Waals surface area contributed by atoms with Gasteiger partial charge in [-0.25, -0.2) is 13.2 Å². The summed E-state index contributed by atoms with van der Waals surface area (Å²) in [6, 6.07) is 14.0. The van der Waals surface area contributed by atoms with Crippen LogP contribution in [0.3, 0.4) is 0 Å². The lowest BCUT2D eigenvalue weighted by atomic mass is 10.1. The maximum atomic E-state index is 12.6. The molecule has 0 atom stereocenters. The summed E-state index contributed by atoms with van der Waals surface area (Å²) in [5.41, 5.74) is 2.64. The summed E-state index contributed by atoms with van der Waals surface area (Å²) in [6.45, 7) is 5.48. The third-order valence-electron chi connectivity index (χ3n) is 5.53.